The third-order valence-corrected chi connectivity index (χ3v) is 3.46. The molecule has 0 spiro atoms. The normalized spacial score (nSPS) is 12.4. The molecule has 0 amide bonds. The van der Waals surface area contributed by atoms with Crippen molar-refractivity contribution < 1.29 is 4.39 Å². The molecule has 0 aliphatic rings. The van der Waals surface area contributed by atoms with Gasteiger partial charge in [0.15, 0.2) is 0 Å². The van der Waals surface area contributed by atoms with E-state index in [1.165, 1.54) is 6.07 Å². The second-order valence-electron chi connectivity index (χ2n) is 4.87. The molecule has 0 aliphatic heterocycles. The molecule has 0 fully saturated rings. The van der Waals surface area contributed by atoms with Gasteiger partial charge in [0, 0.05) is 11.1 Å². The van der Waals surface area contributed by atoms with Gasteiger partial charge in [-0.25, -0.2) is 4.39 Å². The van der Waals surface area contributed by atoms with Crippen LogP contribution in [-0.4, -0.2) is 6.04 Å². The van der Waals surface area contributed by atoms with Crippen LogP contribution in [0.1, 0.15) is 16.7 Å². The second kappa shape index (κ2) is 6.18. The van der Waals surface area contributed by atoms with E-state index in [0.717, 1.165) is 28.1 Å². The molecule has 1 atom stereocenters. The van der Waals surface area contributed by atoms with E-state index in [9.17, 15) is 4.39 Å². The average molecular weight is 278 g/mol. The average Bonchev–Trinajstić information content (AvgIpc) is 2.37. The fraction of sp³-hybridized carbons (Fsp3) is 0.250. The lowest BCUT2D eigenvalue weighted by Crippen LogP contribution is -2.25. The zero-order valence-electron chi connectivity index (χ0n) is 10.9. The van der Waals surface area contributed by atoms with Gasteiger partial charge in [0.05, 0.1) is 0 Å². The number of hydrogen-bond acceptors (Lipinski definition) is 1. The van der Waals surface area contributed by atoms with Crippen molar-refractivity contribution in [3.05, 3.63) is 70.0 Å². The van der Waals surface area contributed by atoms with Gasteiger partial charge in [-0.3, -0.25) is 0 Å². The lowest BCUT2D eigenvalue weighted by molar-refractivity contribution is 0.616. The molecule has 2 rings (SSSR count). The van der Waals surface area contributed by atoms with Crippen LogP contribution in [0.3, 0.4) is 0 Å². The Kier molecular flexibility index (Phi) is 4.56. The van der Waals surface area contributed by atoms with Crippen LogP contribution in [0.25, 0.3) is 0 Å². The fourth-order valence-electron chi connectivity index (χ4n) is 2.14. The number of nitrogens with two attached hydrogens (primary N) is 1. The second-order valence-corrected chi connectivity index (χ2v) is 5.30. The highest BCUT2D eigenvalue weighted by Gasteiger charge is 2.08. The van der Waals surface area contributed by atoms with Crippen molar-refractivity contribution in [2.45, 2.75) is 25.8 Å². The monoisotopic (exact) mass is 277 g/mol. The van der Waals surface area contributed by atoms with Crippen LogP contribution in [0.15, 0.2) is 42.5 Å². The maximum Gasteiger partial charge on any atom is 0.123 e. The molecule has 19 heavy (non-hydrogen) atoms. The molecule has 2 N–H and O–H groups in total. The molecule has 100 valence electrons. The number of halogens is 2. The minimum atomic E-state index is -0.209. The molecule has 0 aromatic heterocycles. The van der Waals surface area contributed by atoms with E-state index in [1.807, 2.05) is 31.2 Å². The molecule has 2 aromatic carbocycles. The molecule has 0 heterocycles. The van der Waals surface area contributed by atoms with Crippen molar-refractivity contribution in [1.82, 2.24) is 0 Å². The van der Waals surface area contributed by atoms with Crippen LogP contribution in [0.5, 0.6) is 0 Å². The van der Waals surface area contributed by atoms with Crippen molar-refractivity contribution in [2.24, 2.45) is 5.73 Å². The summed E-state index contributed by atoms with van der Waals surface area (Å²) in [6.45, 7) is 1.98. The van der Waals surface area contributed by atoms with Gasteiger partial charge in [0.2, 0.25) is 0 Å². The number of aryl methyl sites for hydroxylation is 1. The molecule has 2 aromatic rings. The first-order valence-corrected chi connectivity index (χ1v) is 6.67. The Balaban J connectivity index is 2.02. The predicted molar refractivity (Wildman–Crippen MR) is 78.0 cm³/mol. The SMILES string of the molecule is Cc1ccc(F)cc1CC(N)Cc1ccc(Cl)cc1. The van der Waals surface area contributed by atoms with Gasteiger partial charge >= 0.3 is 0 Å². The zero-order valence-corrected chi connectivity index (χ0v) is 11.6. The number of rotatable bonds is 4. The van der Waals surface area contributed by atoms with Crippen LogP contribution >= 0.6 is 11.6 Å². The molecule has 0 saturated heterocycles. The van der Waals surface area contributed by atoms with Crippen molar-refractivity contribution in [1.29, 1.82) is 0 Å². The van der Waals surface area contributed by atoms with Crippen molar-refractivity contribution >= 4 is 11.6 Å². The summed E-state index contributed by atoms with van der Waals surface area (Å²) in [6, 6.07) is 12.5. The Bertz CT molecular complexity index is 551. The third-order valence-electron chi connectivity index (χ3n) is 3.20. The van der Waals surface area contributed by atoms with Gasteiger partial charge in [-0.1, -0.05) is 29.8 Å². The van der Waals surface area contributed by atoms with E-state index in [4.69, 9.17) is 17.3 Å². The summed E-state index contributed by atoms with van der Waals surface area (Å²) in [7, 11) is 0. The first kappa shape index (κ1) is 14.0. The van der Waals surface area contributed by atoms with Crippen LogP contribution in [-0.2, 0) is 12.8 Å². The standard InChI is InChI=1S/C16H17ClFN/c1-11-2-7-15(18)9-13(11)10-16(19)8-12-3-5-14(17)6-4-12/h2-7,9,16H,8,10,19H2,1H3. The summed E-state index contributed by atoms with van der Waals surface area (Å²) in [4.78, 5) is 0. The molecule has 0 saturated carbocycles. The minimum Gasteiger partial charge on any atom is -0.327 e. The van der Waals surface area contributed by atoms with E-state index in [-0.39, 0.29) is 11.9 Å². The Morgan fingerprint density at radius 2 is 1.79 bits per heavy atom. The lowest BCUT2D eigenvalue weighted by Gasteiger charge is -2.14. The topological polar surface area (TPSA) is 26.0 Å². The van der Waals surface area contributed by atoms with Gasteiger partial charge in [-0.15, -0.1) is 0 Å². The molecule has 3 heteroatoms. The Morgan fingerprint density at radius 1 is 1.11 bits per heavy atom. The molecule has 0 radical (unpaired) electrons. The van der Waals surface area contributed by atoms with Crippen molar-refractivity contribution in [3.63, 3.8) is 0 Å². The summed E-state index contributed by atoms with van der Waals surface area (Å²) in [5.41, 5.74) is 9.33. The van der Waals surface area contributed by atoms with E-state index in [0.29, 0.717) is 6.42 Å². The molecular formula is C16H17ClFN. The third kappa shape index (κ3) is 4.05. The van der Waals surface area contributed by atoms with E-state index >= 15 is 0 Å². The van der Waals surface area contributed by atoms with Gasteiger partial charge < -0.3 is 5.73 Å². The van der Waals surface area contributed by atoms with Crippen LogP contribution in [0.4, 0.5) is 4.39 Å². The quantitative estimate of drug-likeness (QED) is 0.901. The molecular weight excluding hydrogens is 261 g/mol. The summed E-state index contributed by atoms with van der Waals surface area (Å²) >= 11 is 5.84. The smallest absolute Gasteiger partial charge is 0.123 e. The highest BCUT2D eigenvalue weighted by atomic mass is 35.5. The first-order chi connectivity index (χ1) is 9.04. The highest BCUT2D eigenvalue weighted by molar-refractivity contribution is 6.30. The summed E-state index contributed by atoms with van der Waals surface area (Å²) in [5.74, 6) is -0.209. The minimum absolute atomic E-state index is 0.0262. The van der Waals surface area contributed by atoms with Gasteiger partial charge in [0.25, 0.3) is 0 Å². The lowest BCUT2D eigenvalue weighted by atomic mass is 9.97. The van der Waals surface area contributed by atoms with Gasteiger partial charge in [-0.05, 0) is 60.7 Å². The maximum absolute atomic E-state index is 13.2. The van der Waals surface area contributed by atoms with E-state index in [2.05, 4.69) is 0 Å². The van der Waals surface area contributed by atoms with Crippen molar-refractivity contribution in [2.75, 3.05) is 0 Å². The predicted octanol–water partition coefficient (Wildman–Crippen LogP) is 3.90. The van der Waals surface area contributed by atoms with E-state index in [1.54, 1.807) is 12.1 Å². The van der Waals surface area contributed by atoms with Gasteiger partial charge in [-0.2, -0.15) is 0 Å². The molecule has 0 aliphatic carbocycles. The van der Waals surface area contributed by atoms with Crippen LogP contribution in [0.2, 0.25) is 5.02 Å². The summed E-state index contributed by atoms with van der Waals surface area (Å²) < 4.78 is 13.2. The van der Waals surface area contributed by atoms with Gasteiger partial charge in [0.1, 0.15) is 5.82 Å². The fourth-order valence-corrected chi connectivity index (χ4v) is 2.26. The summed E-state index contributed by atoms with van der Waals surface area (Å²) in [6.07, 6.45) is 1.43. The zero-order chi connectivity index (χ0) is 13.8. The number of hydrogen-bond donors (Lipinski definition) is 1. The first-order valence-electron chi connectivity index (χ1n) is 6.29. The molecule has 1 unspecified atom stereocenters. The van der Waals surface area contributed by atoms with Crippen LogP contribution in [0, 0.1) is 12.7 Å². The Labute approximate surface area is 118 Å². The molecule has 1 nitrogen and oxygen atoms in total. The largest absolute Gasteiger partial charge is 0.327 e. The Hall–Kier alpha value is -1.38. The number of benzene rings is 2. The van der Waals surface area contributed by atoms with E-state index < -0.39 is 0 Å². The summed E-state index contributed by atoms with van der Waals surface area (Å²) in [5, 5.41) is 0.721. The Morgan fingerprint density at radius 3 is 2.47 bits per heavy atom. The van der Waals surface area contributed by atoms with Crippen LogP contribution < -0.4 is 5.73 Å². The maximum atomic E-state index is 13.2. The molecule has 0 bridgehead atoms. The highest BCUT2D eigenvalue weighted by Crippen LogP contribution is 2.15. The van der Waals surface area contributed by atoms with Crippen molar-refractivity contribution in [3.8, 4) is 0 Å².